The molecular weight excluding hydrogens is 558 g/mol. The fourth-order valence-electron chi connectivity index (χ4n) is 5.24. The Labute approximate surface area is 258 Å². The van der Waals surface area contributed by atoms with E-state index in [4.69, 9.17) is 23.9 Å². The Hall–Kier alpha value is -4.79. The number of ether oxygens (including phenoxy) is 4. The second-order valence-electron chi connectivity index (χ2n) is 11.5. The molecule has 1 aliphatic heterocycles. The van der Waals surface area contributed by atoms with Gasteiger partial charge in [-0.3, -0.25) is 4.90 Å². The molecule has 0 unspecified atom stereocenters. The summed E-state index contributed by atoms with van der Waals surface area (Å²) < 4.78 is 24.5. The molecule has 0 N–H and O–H groups in total. The number of nitrogens with zero attached hydrogens (tertiary/aromatic N) is 3. The number of methoxy groups -OCH3 is 1. The van der Waals surface area contributed by atoms with Gasteiger partial charge in [0.15, 0.2) is 0 Å². The Bertz CT molecular complexity index is 1680. The molecule has 0 atom stereocenters. The molecule has 0 saturated heterocycles. The van der Waals surface area contributed by atoms with E-state index in [1.807, 2.05) is 92.2 Å². The number of aryl methyl sites for hydroxylation is 1. The Morgan fingerprint density at radius 1 is 1.05 bits per heavy atom. The average molecular weight is 598 g/mol. The normalized spacial score (nSPS) is 13.4. The number of rotatable bonds is 9. The monoisotopic (exact) mass is 597 g/mol. The van der Waals surface area contributed by atoms with Crippen molar-refractivity contribution in [2.75, 3.05) is 31.8 Å². The minimum Gasteiger partial charge on any atom is -0.496 e. The van der Waals surface area contributed by atoms with E-state index in [1.165, 1.54) is 6.08 Å². The summed E-state index contributed by atoms with van der Waals surface area (Å²) in [5.41, 5.74) is 3.63. The molecule has 4 aromatic rings. The zero-order valence-electron chi connectivity index (χ0n) is 26.0. The van der Waals surface area contributed by atoms with Crippen molar-refractivity contribution in [2.45, 2.75) is 52.6 Å². The van der Waals surface area contributed by atoms with Crippen molar-refractivity contribution in [1.82, 2.24) is 9.55 Å². The summed E-state index contributed by atoms with van der Waals surface area (Å²) in [7, 11) is 1.61. The van der Waals surface area contributed by atoms with Gasteiger partial charge in [-0.1, -0.05) is 18.2 Å². The van der Waals surface area contributed by atoms with E-state index in [1.54, 1.807) is 18.9 Å². The number of carbonyl (C=O) groups excluding carboxylic acids is 2. The third kappa shape index (κ3) is 7.05. The van der Waals surface area contributed by atoms with Gasteiger partial charge in [-0.05, 0) is 88.6 Å². The van der Waals surface area contributed by atoms with Gasteiger partial charge in [0.2, 0.25) is 0 Å². The fraction of sp³-hybridized carbons (Fsp3) is 0.343. The molecule has 2 aromatic heterocycles. The Balaban J connectivity index is 1.32. The molecule has 9 heteroatoms. The molecular formula is C35H39N3O6. The lowest BCUT2D eigenvalue weighted by atomic mass is 10.1. The predicted octanol–water partition coefficient (Wildman–Crippen LogP) is 6.81. The van der Waals surface area contributed by atoms with Crippen LogP contribution in [0.5, 0.6) is 11.5 Å². The first kappa shape index (κ1) is 30.7. The SMILES string of the molecule is CCOC(=O)C=C(c1ccccc1OC)n1ccc2cc(OCCc3ccc4c(n3)N(C(=O)OC(C)(C)C)CCC4)ccc21. The topological polar surface area (TPSA) is 92.1 Å². The molecule has 2 aromatic carbocycles. The Morgan fingerprint density at radius 3 is 2.64 bits per heavy atom. The van der Waals surface area contributed by atoms with Crippen molar-refractivity contribution in [1.29, 1.82) is 0 Å². The standard InChI is InChI=1S/C35H39N3O6/c1-6-42-32(39)23-30(28-11-7-8-12-31(28)41-5)37-20-17-25-22-27(15-16-29(25)37)43-21-18-26-14-13-24-10-9-19-38(33(24)36-26)34(40)44-35(2,3)4/h7-8,11-17,20,22-23H,6,9-10,18-19,21H2,1-5H3. The van der Waals surface area contributed by atoms with Crippen LogP contribution in [-0.2, 0) is 27.1 Å². The molecule has 5 rings (SSSR count). The van der Waals surface area contributed by atoms with Crippen LogP contribution in [0.1, 0.15) is 50.9 Å². The van der Waals surface area contributed by atoms with E-state index >= 15 is 0 Å². The smallest absolute Gasteiger partial charge is 0.416 e. The number of hydrogen-bond acceptors (Lipinski definition) is 7. The lowest BCUT2D eigenvalue weighted by molar-refractivity contribution is -0.137. The molecule has 0 saturated carbocycles. The molecule has 0 fully saturated rings. The highest BCUT2D eigenvalue weighted by atomic mass is 16.6. The summed E-state index contributed by atoms with van der Waals surface area (Å²) in [5.74, 6) is 1.61. The van der Waals surface area contributed by atoms with Crippen molar-refractivity contribution < 1.29 is 28.5 Å². The van der Waals surface area contributed by atoms with Crippen LogP contribution in [0.15, 0.2) is 72.9 Å². The number of para-hydroxylation sites is 1. The molecule has 0 spiro atoms. The van der Waals surface area contributed by atoms with E-state index in [0.717, 1.165) is 46.3 Å². The van der Waals surface area contributed by atoms with Crippen LogP contribution >= 0.6 is 0 Å². The number of fused-ring (bicyclic) bond motifs is 2. The number of amides is 1. The zero-order chi connectivity index (χ0) is 31.3. The van der Waals surface area contributed by atoms with Gasteiger partial charge in [0, 0.05) is 41.9 Å². The number of esters is 1. The Morgan fingerprint density at radius 2 is 1.86 bits per heavy atom. The molecule has 230 valence electrons. The lowest BCUT2D eigenvalue weighted by Crippen LogP contribution is -2.40. The number of aromatic nitrogens is 2. The van der Waals surface area contributed by atoms with Gasteiger partial charge >= 0.3 is 12.1 Å². The first-order valence-electron chi connectivity index (χ1n) is 14.9. The van der Waals surface area contributed by atoms with Crippen LogP contribution in [-0.4, -0.2) is 54.1 Å². The minimum absolute atomic E-state index is 0.282. The fourth-order valence-corrected chi connectivity index (χ4v) is 5.24. The predicted molar refractivity (Wildman–Crippen MR) is 170 cm³/mol. The lowest BCUT2D eigenvalue weighted by Gasteiger charge is -2.31. The van der Waals surface area contributed by atoms with Crippen LogP contribution in [0.3, 0.4) is 0 Å². The number of carbonyl (C=O) groups is 2. The van der Waals surface area contributed by atoms with E-state index in [0.29, 0.717) is 36.8 Å². The molecule has 0 radical (unpaired) electrons. The first-order valence-corrected chi connectivity index (χ1v) is 14.9. The second-order valence-corrected chi connectivity index (χ2v) is 11.5. The van der Waals surface area contributed by atoms with Gasteiger partial charge in [-0.15, -0.1) is 0 Å². The van der Waals surface area contributed by atoms with Crippen LogP contribution in [0, 0.1) is 0 Å². The summed E-state index contributed by atoms with van der Waals surface area (Å²) in [4.78, 5) is 31.8. The van der Waals surface area contributed by atoms with Crippen LogP contribution < -0.4 is 14.4 Å². The summed E-state index contributed by atoms with van der Waals surface area (Å²) >= 11 is 0. The van der Waals surface area contributed by atoms with Crippen LogP contribution in [0.4, 0.5) is 10.6 Å². The molecule has 44 heavy (non-hydrogen) atoms. The van der Waals surface area contributed by atoms with E-state index in [9.17, 15) is 9.59 Å². The van der Waals surface area contributed by atoms with Gasteiger partial charge in [0.1, 0.15) is 22.9 Å². The van der Waals surface area contributed by atoms with Gasteiger partial charge in [-0.2, -0.15) is 0 Å². The number of hydrogen-bond donors (Lipinski definition) is 0. The molecule has 1 aliphatic rings. The zero-order valence-corrected chi connectivity index (χ0v) is 26.0. The van der Waals surface area contributed by atoms with Crippen LogP contribution in [0.2, 0.25) is 0 Å². The average Bonchev–Trinajstić information content (AvgIpc) is 3.42. The molecule has 0 bridgehead atoms. The Kier molecular flexibility index (Phi) is 9.23. The van der Waals surface area contributed by atoms with E-state index < -0.39 is 11.6 Å². The molecule has 0 aliphatic carbocycles. The van der Waals surface area contributed by atoms with E-state index in [2.05, 4.69) is 0 Å². The third-order valence-corrected chi connectivity index (χ3v) is 7.18. The van der Waals surface area contributed by atoms with Crippen molar-refractivity contribution in [3.63, 3.8) is 0 Å². The second kappa shape index (κ2) is 13.2. The summed E-state index contributed by atoms with van der Waals surface area (Å²) in [5, 5.41) is 0.951. The minimum atomic E-state index is -0.574. The van der Waals surface area contributed by atoms with Crippen molar-refractivity contribution in [2.24, 2.45) is 0 Å². The van der Waals surface area contributed by atoms with Gasteiger partial charge in [0.05, 0.1) is 31.5 Å². The van der Waals surface area contributed by atoms with Crippen molar-refractivity contribution in [3.05, 3.63) is 89.8 Å². The third-order valence-electron chi connectivity index (χ3n) is 7.18. The highest BCUT2D eigenvalue weighted by molar-refractivity contribution is 5.96. The summed E-state index contributed by atoms with van der Waals surface area (Å²) in [6, 6.07) is 19.4. The van der Waals surface area contributed by atoms with Gasteiger partial charge in [-0.25, -0.2) is 14.6 Å². The van der Waals surface area contributed by atoms with Gasteiger partial charge < -0.3 is 23.5 Å². The maximum absolute atomic E-state index is 12.8. The van der Waals surface area contributed by atoms with Crippen molar-refractivity contribution in [3.8, 4) is 11.5 Å². The number of benzene rings is 2. The first-order chi connectivity index (χ1) is 21.2. The largest absolute Gasteiger partial charge is 0.496 e. The van der Waals surface area contributed by atoms with Crippen LogP contribution in [0.25, 0.3) is 16.6 Å². The number of pyridine rings is 1. The highest BCUT2D eigenvalue weighted by Crippen LogP contribution is 2.32. The van der Waals surface area contributed by atoms with Gasteiger partial charge in [0.25, 0.3) is 0 Å². The van der Waals surface area contributed by atoms with E-state index in [-0.39, 0.29) is 12.7 Å². The molecule has 3 heterocycles. The maximum atomic E-state index is 12.8. The maximum Gasteiger partial charge on any atom is 0.416 e. The quantitative estimate of drug-likeness (QED) is 0.155. The molecule has 9 nitrogen and oxygen atoms in total. The number of anilines is 1. The highest BCUT2D eigenvalue weighted by Gasteiger charge is 2.28. The molecule has 1 amide bonds. The van der Waals surface area contributed by atoms with Crippen molar-refractivity contribution >= 4 is 34.5 Å². The summed E-state index contributed by atoms with van der Waals surface area (Å²) in [6.07, 6.45) is 5.37. The summed E-state index contributed by atoms with van der Waals surface area (Å²) in [6.45, 7) is 8.66.